The number of aliphatic hydroxyl groups is 1. The first-order chi connectivity index (χ1) is 21.3. The van der Waals surface area contributed by atoms with Crippen molar-refractivity contribution in [2.75, 3.05) is 26.7 Å². The third-order valence-electron chi connectivity index (χ3n) is 9.87. The lowest BCUT2D eigenvalue weighted by Gasteiger charge is -2.52. The highest BCUT2D eigenvalue weighted by atomic mass is 35.5. The number of carbonyl (C=O) groups is 3. The molecule has 45 heavy (non-hydrogen) atoms. The number of likely N-dealkylation sites (tertiary alicyclic amines) is 1. The van der Waals surface area contributed by atoms with Gasteiger partial charge in [0.1, 0.15) is 23.1 Å². The minimum atomic E-state index is -0.853. The van der Waals surface area contributed by atoms with Crippen molar-refractivity contribution in [1.29, 1.82) is 0 Å². The Labute approximate surface area is 273 Å². The van der Waals surface area contributed by atoms with Crippen molar-refractivity contribution in [3.8, 4) is 11.5 Å². The number of amides is 3. The normalized spacial score (nSPS) is 21.2. The molecule has 2 aromatic rings. The maximum atomic E-state index is 13.9. The zero-order chi connectivity index (χ0) is 31.3. The Bertz CT molecular complexity index is 1320. The van der Waals surface area contributed by atoms with Crippen molar-refractivity contribution < 1.29 is 24.2 Å². The molecule has 3 aliphatic rings. The van der Waals surface area contributed by atoms with Gasteiger partial charge in [-0.1, -0.05) is 44.7 Å². The molecule has 0 bridgehead atoms. The van der Waals surface area contributed by atoms with Gasteiger partial charge in [-0.05, 0) is 86.4 Å². The molecular weight excluding hydrogens is 592 g/mol. The van der Waals surface area contributed by atoms with Gasteiger partial charge in [-0.15, -0.1) is 12.4 Å². The number of hydrogen-bond donors (Lipinski definition) is 3. The summed E-state index contributed by atoms with van der Waals surface area (Å²) in [6.07, 6.45) is 7.23. The van der Waals surface area contributed by atoms with Gasteiger partial charge in [-0.3, -0.25) is 19.3 Å². The molecule has 1 saturated carbocycles. The van der Waals surface area contributed by atoms with Crippen molar-refractivity contribution in [3.63, 3.8) is 0 Å². The molecule has 1 spiro atoms. The molecule has 2 atom stereocenters. The summed E-state index contributed by atoms with van der Waals surface area (Å²) in [5.41, 5.74) is 1.76. The van der Waals surface area contributed by atoms with E-state index in [0.717, 1.165) is 61.9 Å². The summed E-state index contributed by atoms with van der Waals surface area (Å²) in [4.78, 5) is 43.7. The minimum Gasteiger partial charge on any atom is -0.457 e. The monoisotopic (exact) mass is 640 g/mol. The molecule has 9 nitrogen and oxygen atoms in total. The predicted molar refractivity (Wildman–Crippen MR) is 177 cm³/mol. The maximum Gasteiger partial charge on any atom is 0.251 e. The molecule has 5 rings (SSSR count). The smallest absolute Gasteiger partial charge is 0.251 e. The number of hydrogen-bond acceptors (Lipinski definition) is 6. The molecular formula is C35H49ClN4O5. The van der Waals surface area contributed by atoms with Gasteiger partial charge in [0.2, 0.25) is 11.8 Å². The van der Waals surface area contributed by atoms with Crippen LogP contribution in [0.2, 0.25) is 0 Å². The topological polar surface area (TPSA) is 111 Å². The zero-order valence-corrected chi connectivity index (χ0v) is 27.7. The second-order valence-electron chi connectivity index (χ2n) is 12.8. The lowest BCUT2D eigenvalue weighted by atomic mass is 9.78. The summed E-state index contributed by atoms with van der Waals surface area (Å²) in [5, 5.41) is 16.8. The molecule has 3 fully saturated rings. The summed E-state index contributed by atoms with van der Waals surface area (Å²) in [7, 11) is 1.61. The molecule has 246 valence electrons. The fourth-order valence-electron chi connectivity index (χ4n) is 7.13. The molecule has 1 aliphatic carbocycles. The molecule has 2 aromatic carbocycles. The van der Waals surface area contributed by atoms with Crippen LogP contribution in [0.3, 0.4) is 0 Å². The minimum absolute atomic E-state index is 0. The van der Waals surface area contributed by atoms with E-state index < -0.39 is 17.7 Å². The first-order valence-corrected chi connectivity index (χ1v) is 16.4. The molecule has 2 heterocycles. The highest BCUT2D eigenvalue weighted by Crippen LogP contribution is 2.36. The van der Waals surface area contributed by atoms with Crippen LogP contribution in [-0.2, 0) is 16.1 Å². The Morgan fingerprint density at radius 2 is 1.78 bits per heavy atom. The molecule has 2 aliphatic heterocycles. The van der Waals surface area contributed by atoms with Crippen LogP contribution in [0.15, 0.2) is 42.5 Å². The van der Waals surface area contributed by atoms with Gasteiger partial charge >= 0.3 is 0 Å². The third kappa shape index (κ3) is 7.64. The Morgan fingerprint density at radius 3 is 2.40 bits per heavy atom. The number of piperidine rings is 1. The van der Waals surface area contributed by atoms with E-state index in [1.54, 1.807) is 13.1 Å². The molecule has 0 radical (unpaired) electrons. The van der Waals surface area contributed by atoms with Crippen molar-refractivity contribution >= 4 is 30.1 Å². The van der Waals surface area contributed by atoms with Crippen LogP contribution in [0, 0.1) is 12.8 Å². The van der Waals surface area contributed by atoms with E-state index in [2.05, 4.69) is 34.6 Å². The number of nitrogens with one attached hydrogen (secondary N) is 2. The quantitative estimate of drug-likeness (QED) is 0.338. The lowest BCUT2D eigenvalue weighted by Crippen LogP contribution is -2.75. The number of benzene rings is 2. The van der Waals surface area contributed by atoms with Crippen LogP contribution in [0.1, 0.15) is 86.2 Å². The van der Waals surface area contributed by atoms with Crippen molar-refractivity contribution in [2.45, 2.75) is 95.9 Å². The average molecular weight is 641 g/mol. The van der Waals surface area contributed by atoms with Gasteiger partial charge in [-0.2, -0.15) is 0 Å². The van der Waals surface area contributed by atoms with Gasteiger partial charge < -0.3 is 25.4 Å². The van der Waals surface area contributed by atoms with E-state index >= 15 is 0 Å². The average Bonchev–Trinajstić information content (AvgIpc) is 3.05. The van der Waals surface area contributed by atoms with Crippen LogP contribution in [-0.4, -0.2) is 77.0 Å². The Hall–Kier alpha value is -3.14. The number of halogens is 1. The van der Waals surface area contributed by atoms with E-state index in [4.69, 9.17) is 4.74 Å². The standard InChI is InChI=1S/C35H48N4O5.ClH/c1-4-5-19-39-33(42)30(31(40)26-9-7-6-8-10-26)37-34(43)35(39)17-20-38(21-18-35)23-25-11-14-28(15-12-25)44-29-16-13-27(22-24(29)2)32(41)36-3;/h11-16,22,26,30-31,40H,4-10,17-21,23H2,1-3H3,(H,36,41)(H,37,43);1H/t30-,31-;/m1./s1. The molecule has 2 saturated heterocycles. The second-order valence-corrected chi connectivity index (χ2v) is 12.8. The SMILES string of the molecule is CCCCN1C(=O)[C@@H]([C@H](O)C2CCCCC2)NC(=O)C12CCN(Cc1ccc(Oc3ccc(C(=O)NC)cc3C)cc1)CC2.Cl. The van der Waals surface area contributed by atoms with Crippen LogP contribution < -0.4 is 15.4 Å². The summed E-state index contributed by atoms with van der Waals surface area (Å²) in [6.45, 7) is 6.71. The highest BCUT2D eigenvalue weighted by Gasteiger charge is 2.55. The Morgan fingerprint density at radius 1 is 1.09 bits per heavy atom. The van der Waals surface area contributed by atoms with Crippen LogP contribution in [0.5, 0.6) is 11.5 Å². The summed E-state index contributed by atoms with van der Waals surface area (Å²) in [6, 6.07) is 12.5. The van der Waals surface area contributed by atoms with Crippen molar-refractivity contribution in [1.82, 2.24) is 20.4 Å². The highest BCUT2D eigenvalue weighted by molar-refractivity contribution is 6.00. The predicted octanol–water partition coefficient (Wildman–Crippen LogP) is 4.97. The second kappa shape index (κ2) is 15.4. The number of carbonyl (C=O) groups excluding carboxylic acids is 3. The largest absolute Gasteiger partial charge is 0.457 e. The first kappa shape index (κ1) is 34.7. The summed E-state index contributed by atoms with van der Waals surface area (Å²) < 4.78 is 6.08. The van der Waals surface area contributed by atoms with E-state index in [1.807, 2.05) is 36.1 Å². The van der Waals surface area contributed by atoms with E-state index in [-0.39, 0.29) is 36.0 Å². The number of nitrogens with zero attached hydrogens (tertiary/aromatic N) is 2. The van der Waals surface area contributed by atoms with E-state index in [1.165, 1.54) is 6.42 Å². The Kier molecular flexibility index (Phi) is 11.9. The molecule has 0 unspecified atom stereocenters. The van der Waals surface area contributed by atoms with Gasteiger partial charge in [0, 0.05) is 38.8 Å². The van der Waals surface area contributed by atoms with E-state index in [9.17, 15) is 19.5 Å². The fraction of sp³-hybridized carbons (Fsp3) is 0.571. The number of ether oxygens (including phenoxy) is 1. The number of unbranched alkanes of at least 4 members (excludes halogenated alkanes) is 1. The van der Waals surface area contributed by atoms with Crippen LogP contribution in [0.25, 0.3) is 0 Å². The van der Waals surface area contributed by atoms with Crippen LogP contribution >= 0.6 is 12.4 Å². The molecule has 3 N–H and O–H groups in total. The van der Waals surface area contributed by atoms with Gasteiger partial charge in [-0.25, -0.2) is 0 Å². The number of piperazine rings is 1. The van der Waals surface area contributed by atoms with Gasteiger partial charge in [0.15, 0.2) is 0 Å². The van der Waals surface area contributed by atoms with Gasteiger partial charge in [0.25, 0.3) is 5.91 Å². The summed E-state index contributed by atoms with van der Waals surface area (Å²) in [5.74, 6) is 1.14. The van der Waals surface area contributed by atoms with Crippen molar-refractivity contribution in [3.05, 3.63) is 59.2 Å². The molecule has 10 heteroatoms. The van der Waals surface area contributed by atoms with E-state index in [0.29, 0.717) is 43.8 Å². The molecule has 3 amide bonds. The van der Waals surface area contributed by atoms with Crippen LogP contribution in [0.4, 0.5) is 0 Å². The maximum absolute atomic E-state index is 13.9. The van der Waals surface area contributed by atoms with Gasteiger partial charge in [0.05, 0.1) is 6.10 Å². The zero-order valence-electron chi connectivity index (χ0n) is 26.8. The molecule has 0 aromatic heterocycles. The Balaban J connectivity index is 0.00000461. The number of aliphatic hydroxyl groups excluding tert-OH is 1. The summed E-state index contributed by atoms with van der Waals surface area (Å²) >= 11 is 0. The number of aryl methyl sites for hydroxylation is 1. The lowest BCUT2D eigenvalue weighted by molar-refractivity contribution is -0.166. The third-order valence-corrected chi connectivity index (χ3v) is 9.87. The van der Waals surface area contributed by atoms with Crippen molar-refractivity contribution in [2.24, 2.45) is 5.92 Å². The number of rotatable bonds is 10. The fourth-order valence-corrected chi connectivity index (χ4v) is 7.13. The first-order valence-electron chi connectivity index (χ1n) is 16.4.